The molecular weight excluding hydrogens is 371 g/mol. The van der Waals surface area contributed by atoms with Crippen LogP contribution in [0.2, 0.25) is 0 Å². The summed E-state index contributed by atoms with van der Waals surface area (Å²) in [5.41, 5.74) is -2.28. The van der Waals surface area contributed by atoms with Crippen LogP contribution in [0.1, 0.15) is 40.4 Å². The van der Waals surface area contributed by atoms with E-state index in [-0.39, 0.29) is 18.9 Å². The average Bonchev–Trinajstić information content (AvgIpc) is 2.86. The van der Waals surface area contributed by atoms with Gasteiger partial charge in [-0.15, -0.1) is 0 Å². The zero-order valence-corrected chi connectivity index (χ0v) is 14.3. The Bertz CT molecular complexity index is 814. The molecule has 0 amide bonds. The number of ether oxygens (including phenoxy) is 2. The molecule has 7 nitrogen and oxygen atoms in total. The average molecular weight is 387 g/mol. The van der Waals surface area contributed by atoms with Gasteiger partial charge in [-0.3, -0.25) is 4.57 Å². The summed E-state index contributed by atoms with van der Waals surface area (Å²) < 4.78 is 48.7. The van der Waals surface area contributed by atoms with Crippen LogP contribution in [0.25, 0.3) is 5.69 Å². The van der Waals surface area contributed by atoms with Crippen molar-refractivity contribution >= 4 is 11.9 Å². The van der Waals surface area contributed by atoms with Gasteiger partial charge in [0.1, 0.15) is 0 Å². The number of carbonyl (C=O) groups excluding carboxylic acids is 2. The third-order valence-electron chi connectivity index (χ3n) is 3.51. The van der Waals surface area contributed by atoms with E-state index in [1.165, 1.54) is 13.8 Å². The van der Waals surface area contributed by atoms with Crippen LogP contribution >= 0.6 is 0 Å². The Balaban J connectivity index is 2.72. The van der Waals surface area contributed by atoms with Crippen LogP contribution in [0, 0.1) is 0 Å². The van der Waals surface area contributed by atoms with E-state index in [9.17, 15) is 33.0 Å². The third kappa shape index (κ3) is 3.83. The number of rotatable bonds is 5. The molecule has 27 heavy (non-hydrogen) atoms. The predicted molar refractivity (Wildman–Crippen MR) is 86.0 cm³/mol. The number of hydrogen-bond donors (Lipinski definition) is 2. The van der Waals surface area contributed by atoms with Gasteiger partial charge in [-0.1, -0.05) is 0 Å². The quantitative estimate of drug-likeness (QED) is 0.765. The second-order valence-electron chi connectivity index (χ2n) is 5.22. The number of aromatic nitrogens is 1. The molecule has 0 radical (unpaired) electrons. The summed E-state index contributed by atoms with van der Waals surface area (Å²) >= 11 is 0. The monoisotopic (exact) mass is 387 g/mol. The maximum atomic E-state index is 12.8. The molecule has 0 aliphatic heterocycles. The largest absolute Gasteiger partial charge is 0.503 e. The Hall–Kier alpha value is -3.17. The third-order valence-corrected chi connectivity index (χ3v) is 3.51. The minimum absolute atomic E-state index is 0.0774. The lowest BCUT2D eigenvalue weighted by Gasteiger charge is -2.13. The van der Waals surface area contributed by atoms with Crippen LogP contribution in [0.3, 0.4) is 0 Å². The van der Waals surface area contributed by atoms with Crippen molar-refractivity contribution in [3.63, 3.8) is 0 Å². The summed E-state index contributed by atoms with van der Waals surface area (Å²) in [7, 11) is 0. The Morgan fingerprint density at radius 2 is 1.33 bits per heavy atom. The fourth-order valence-corrected chi connectivity index (χ4v) is 2.38. The van der Waals surface area contributed by atoms with Crippen molar-refractivity contribution < 1.29 is 42.4 Å². The van der Waals surface area contributed by atoms with E-state index < -0.39 is 46.6 Å². The van der Waals surface area contributed by atoms with Crippen LogP contribution in [0.4, 0.5) is 13.2 Å². The topological polar surface area (TPSA) is 98.0 Å². The lowest BCUT2D eigenvalue weighted by atomic mass is 10.2. The van der Waals surface area contributed by atoms with E-state index in [0.29, 0.717) is 0 Å². The van der Waals surface area contributed by atoms with Crippen LogP contribution in [-0.2, 0) is 15.7 Å². The van der Waals surface area contributed by atoms with Crippen molar-refractivity contribution in [2.75, 3.05) is 13.2 Å². The van der Waals surface area contributed by atoms with Gasteiger partial charge in [-0.05, 0) is 38.1 Å². The van der Waals surface area contributed by atoms with Gasteiger partial charge in [0, 0.05) is 5.69 Å². The smallest absolute Gasteiger partial charge is 0.416 e. The first kappa shape index (κ1) is 20.1. The molecule has 2 aromatic rings. The first-order chi connectivity index (χ1) is 12.6. The predicted octanol–water partition coefficient (Wildman–Crippen LogP) is 3.26. The summed E-state index contributed by atoms with van der Waals surface area (Å²) in [6.07, 6.45) is -4.59. The number of hydrogen-bond acceptors (Lipinski definition) is 6. The number of esters is 2. The van der Waals surface area contributed by atoms with Crippen LogP contribution in [0.5, 0.6) is 11.5 Å². The fraction of sp³-hybridized carbons (Fsp3) is 0.294. The van der Waals surface area contributed by atoms with E-state index in [4.69, 9.17) is 9.47 Å². The van der Waals surface area contributed by atoms with Crippen molar-refractivity contribution in [1.82, 2.24) is 4.57 Å². The molecule has 0 aliphatic carbocycles. The Labute approximate surface area is 151 Å². The van der Waals surface area contributed by atoms with Crippen molar-refractivity contribution in [1.29, 1.82) is 0 Å². The maximum Gasteiger partial charge on any atom is 0.416 e. The van der Waals surface area contributed by atoms with Gasteiger partial charge >= 0.3 is 18.1 Å². The lowest BCUT2D eigenvalue weighted by Crippen LogP contribution is -2.17. The second kappa shape index (κ2) is 7.60. The molecule has 2 N–H and O–H groups in total. The standard InChI is InChI=1S/C17H16F3NO6/c1-3-26-15(24)11-13(22)14(23)12(16(25)27-4-2)21(11)10-7-5-9(6-8-10)17(18,19)20/h5-8,22-23H,3-4H2,1-2H3. The maximum absolute atomic E-state index is 12.8. The molecule has 1 aromatic carbocycles. The normalized spacial score (nSPS) is 11.3. The van der Waals surface area contributed by atoms with Crippen LogP contribution in [0.15, 0.2) is 24.3 Å². The van der Waals surface area contributed by atoms with Gasteiger partial charge in [0.2, 0.25) is 0 Å². The second-order valence-corrected chi connectivity index (χ2v) is 5.22. The van der Waals surface area contributed by atoms with E-state index in [1.54, 1.807) is 0 Å². The summed E-state index contributed by atoms with van der Waals surface area (Å²) in [4.78, 5) is 24.4. The van der Waals surface area contributed by atoms with Gasteiger partial charge in [0.25, 0.3) is 0 Å². The number of alkyl halides is 3. The molecule has 0 unspecified atom stereocenters. The van der Waals surface area contributed by atoms with Gasteiger partial charge < -0.3 is 19.7 Å². The molecule has 1 aromatic heterocycles. The minimum Gasteiger partial charge on any atom is -0.503 e. The number of nitrogens with zero attached hydrogens (tertiary/aromatic N) is 1. The van der Waals surface area contributed by atoms with Crippen LogP contribution < -0.4 is 0 Å². The highest BCUT2D eigenvalue weighted by molar-refractivity contribution is 6.00. The highest BCUT2D eigenvalue weighted by Gasteiger charge is 2.34. The first-order valence-corrected chi connectivity index (χ1v) is 7.81. The van der Waals surface area contributed by atoms with Crippen molar-refractivity contribution in [3.8, 4) is 17.2 Å². The highest BCUT2D eigenvalue weighted by Crippen LogP contribution is 2.39. The zero-order valence-electron chi connectivity index (χ0n) is 14.3. The molecule has 0 spiro atoms. The van der Waals surface area contributed by atoms with E-state index in [1.807, 2.05) is 0 Å². The molecule has 0 aliphatic rings. The minimum atomic E-state index is -4.59. The fourth-order valence-electron chi connectivity index (χ4n) is 2.38. The molecule has 146 valence electrons. The van der Waals surface area contributed by atoms with Crippen molar-refractivity contribution in [2.24, 2.45) is 0 Å². The van der Waals surface area contributed by atoms with Crippen molar-refractivity contribution in [2.45, 2.75) is 20.0 Å². The van der Waals surface area contributed by atoms with E-state index in [2.05, 4.69) is 0 Å². The number of carbonyl (C=O) groups is 2. The Morgan fingerprint density at radius 1 is 0.926 bits per heavy atom. The molecule has 1 heterocycles. The summed E-state index contributed by atoms with van der Waals surface area (Å²) in [5.74, 6) is -4.06. The molecule has 0 saturated heterocycles. The zero-order chi connectivity index (χ0) is 20.4. The van der Waals surface area contributed by atoms with Gasteiger partial charge in [0.15, 0.2) is 22.9 Å². The number of benzene rings is 1. The SMILES string of the molecule is CCOC(=O)c1c(O)c(O)c(C(=O)OCC)n1-c1ccc(C(F)(F)F)cc1. The molecule has 0 atom stereocenters. The van der Waals surface area contributed by atoms with Gasteiger partial charge in [0.05, 0.1) is 18.8 Å². The molecule has 2 rings (SSSR count). The van der Waals surface area contributed by atoms with Crippen molar-refractivity contribution in [3.05, 3.63) is 41.2 Å². The van der Waals surface area contributed by atoms with E-state index >= 15 is 0 Å². The first-order valence-electron chi connectivity index (χ1n) is 7.81. The van der Waals surface area contributed by atoms with Gasteiger partial charge in [-0.2, -0.15) is 13.2 Å². The lowest BCUT2D eigenvalue weighted by molar-refractivity contribution is -0.137. The molecule has 10 heteroatoms. The molecule has 0 saturated carbocycles. The molecular formula is C17H16F3NO6. The van der Waals surface area contributed by atoms with E-state index in [0.717, 1.165) is 28.8 Å². The highest BCUT2D eigenvalue weighted by atomic mass is 19.4. The molecule has 0 bridgehead atoms. The van der Waals surface area contributed by atoms with Crippen LogP contribution in [-0.4, -0.2) is 39.9 Å². The summed E-state index contributed by atoms with van der Waals surface area (Å²) in [6, 6.07) is 3.42. The Morgan fingerprint density at radius 3 is 1.67 bits per heavy atom. The Kier molecular flexibility index (Phi) is 5.67. The molecule has 0 fully saturated rings. The summed E-state index contributed by atoms with van der Waals surface area (Å²) in [6.45, 7) is 2.83. The number of halogens is 3. The number of aromatic hydroxyl groups is 2. The summed E-state index contributed by atoms with van der Waals surface area (Å²) in [5, 5.41) is 20.2. The van der Waals surface area contributed by atoms with Gasteiger partial charge in [-0.25, -0.2) is 9.59 Å².